The largest absolute Gasteiger partial charge is 0.355 e. The van der Waals surface area contributed by atoms with Crippen LogP contribution in [0.3, 0.4) is 0 Å². The fourth-order valence-corrected chi connectivity index (χ4v) is 3.24. The second kappa shape index (κ2) is 14.6. The lowest BCUT2D eigenvalue weighted by atomic mass is 10.1. The van der Waals surface area contributed by atoms with Crippen molar-refractivity contribution >= 4 is 35.8 Å². The molecule has 164 valence electrons. The lowest BCUT2D eigenvalue weighted by Crippen LogP contribution is -2.42. The Labute approximate surface area is 192 Å². The van der Waals surface area contributed by atoms with Gasteiger partial charge in [0, 0.05) is 45.3 Å². The van der Waals surface area contributed by atoms with Crippen molar-refractivity contribution in [3.05, 3.63) is 35.4 Å². The molecule has 7 nitrogen and oxygen atoms in total. The van der Waals surface area contributed by atoms with Crippen molar-refractivity contribution in [1.82, 2.24) is 25.8 Å². The Kier molecular flexibility index (Phi) is 12.9. The number of rotatable bonds is 9. The van der Waals surface area contributed by atoms with Crippen LogP contribution in [-0.2, 0) is 6.54 Å². The molecule has 0 bridgehead atoms. The summed E-state index contributed by atoms with van der Waals surface area (Å²) >= 11 is 0. The molecule has 1 aliphatic heterocycles. The van der Waals surface area contributed by atoms with E-state index >= 15 is 0 Å². The first-order chi connectivity index (χ1) is 13.6. The first kappa shape index (κ1) is 25.6. The topological polar surface area (TPSA) is 72.0 Å². The van der Waals surface area contributed by atoms with Crippen LogP contribution < -0.4 is 16.0 Å². The van der Waals surface area contributed by atoms with Gasteiger partial charge in [-0.25, -0.2) is 0 Å². The predicted octanol–water partition coefficient (Wildman–Crippen LogP) is 1.75. The third-order valence-corrected chi connectivity index (χ3v) is 4.89. The molecule has 1 heterocycles. The molecule has 29 heavy (non-hydrogen) atoms. The minimum Gasteiger partial charge on any atom is -0.355 e. The van der Waals surface area contributed by atoms with Crippen molar-refractivity contribution < 1.29 is 4.79 Å². The van der Waals surface area contributed by atoms with Crippen LogP contribution in [0.2, 0.25) is 0 Å². The maximum atomic E-state index is 12.3. The van der Waals surface area contributed by atoms with E-state index < -0.39 is 0 Å². The molecule has 0 radical (unpaired) electrons. The molecule has 1 aromatic rings. The van der Waals surface area contributed by atoms with E-state index in [0.29, 0.717) is 18.7 Å². The molecule has 0 saturated carbocycles. The number of likely N-dealkylation sites (N-methyl/N-ethyl adjacent to an activating group) is 1. The molecule has 1 aliphatic rings. The zero-order valence-electron chi connectivity index (χ0n) is 18.0. The molecular formula is C21H37IN6O. The maximum Gasteiger partial charge on any atom is 0.251 e. The summed E-state index contributed by atoms with van der Waals surface area (Å²) < 4.78 is 0. The van der Waals surface area contributed by atoms with Gasteiger partial charge in [0.15, 0.2) is 5.96 Å². The molecule has 1 saturated heterocycles. The molecule has 0 unspecified atom stereocenters. The summed E-state index contributed by atoms with van der Waals surface area (Å²) in [7, 11) is 5.77. The number of hydrogen-bond acceptors (Lipinski definition) is 4. The standard InChI is InChI=1S/C21H36N6O.HI/c1-22-21(24-11-15-27-12-5-4-6-13-27)25-17-18-8-7-9-19(16-18)20(28)23-10-14-26(2)3;/h7-9,16H,4-6,10-15,17H2,1-3H3,(H,23,28)(H2,22,24,25);1H. The summed E-state index contributed by atoms with van der Waals surface area (Å²) in [5.74, 6) is 0.755. The van der Waals surface area contributed by atoms with Crippen molar-refractivity contribution in [1.29, 1.82) is 0 Å². The maximum absolute atomic E-state index is 12.3. The Hall–Kier alpha value is -1.39. The van der Waals surface area contributed by atoms with Crippen molar-refractivity contribution in [2.24, 2.45) is 4.99 Å². The fourth-order valence-electron chi connectivity index (χ4n) is 3.24. The van der Waals surface area contributed by atoms with Crippen LogP contribution in [0.4, 0.5) is 0 Å². The first-order valence-corrected chi connectivity index (χ1v) is 10.3. The van der Waals surface area contributed by atoms with Gasteiger partial charge in [-0.2, -0.15) is 0 Å². The van der Waals surface area contributed by atoms with Gasteiger partial charge in [-0.05, 0) is 57.7 Å². The number of guanidine groups is 1. The molecular weight excluding hydrogens is 479 g/mol. The molecule has 1 amide bonds. The van der Waals surface area contributed by atoms with Crippen LogP contribution in [0.5, 0.6) is 0 Å². The zero-order chi connectivity index (χ0) is 20.2. The Bertz CT molecular complexity index is 631. The van der Waals surface area contributed by atoms with Crippen LogP contribution in [0.1, 0.15) is 35.2 Å². The Morgan fingerprint density at radius 1 is 1.10 bits per heavy atom. The average molecular weight is 516 g/mol. The lowest BCUT2D eigenvalue weighted by molar-refractivity contribution is 0.0951. The highest BCUT2D eigenvalue weighted by molar-refractivity contribution is 14.0. The summed E-state index contributed by atoms with van der Waals surface area (Å²) in [4.78, 5) is 21.1. The number of benzene rings is 1. The Balaban J connectivity index is 0.00000420. The normalized spacial score (nSPS) is 15.0. The van der Waals surface area contributed by atoms with Crippen LogP contribution in [0.15, 0.2) is 29.3 Å². The van der Waals surface area contributed by atoms with Crippen LogP contribution in [0.25, 0.3) is 0 Å². The first-order valence-electron chi connectivity index (χ1n) is 10.3. The highest BCUT2D eigenvalue weighted by Crippen LogP contribution is 2.07. The summed E-state index contributed by atoms with van der Waals surface area (Å²) in [6.45, 7) is 6.43. The molecule has 1 aromatic carbocycles. The van der Waals surface area contributed by atoms with Gasteiger partial charge in [-0.15, -0.1) is 24.0 Å². The van der Waals surface area contributed by atoms with E-state index in [9.17, 15) is 4.79 Å². The van der Waals surface area contributed by atoms with E-state index in [-0.39, 0.29) is 29.9 Å². The van der Waals surface area contributed by atoms with Gasteiger partial charge in [-0.3, -0.25) is 9.79 Å². The highest BCUT2D eigenvalue weighted by atomic mass is 127. The minimum atomic E-state index is -0.0345. The van der Waals surface area contributed by atoms with E-state index in [1.165, 1.54) is 32.4 Å². The Morgan fingerprint density at radius 2 is 1.86 bits per heavy atom. The number of likely N-dealkylation sites (tertiary alicyclic amines) is 1. The quantitative estimate of drug-likeness (QED) is 0.265. The van der Waals surface area contributed by atoms with Gasteiger partial charge in [0.25, 0.3) is 5.91 Å². The van der Waals surface area contributed by atoms with Gasteiger partial charge in [-0.1, -0.05) is 18.6 Å². The molecule has 8 heteroatoms. The number of hydrogen-bond donors (Lipinski definition) is 3. The number of carbonyl (C=O) groups is 1. The van der Waals surface area contributed by atoms with E-state index in [4.69, 9.17) is 0 Å². The molecule has 1 fully saturated rings. The number of piperidine rings is 1. The minimum absolute atomic E-state index is 0. The average Bonchev–Trinajstić information content (AvgIpc) is 2.71. The SMILES string of the molecule is CN=C(NCCN1CCCCC1)NCc1cccc(C(=O)NCCN(C)C)c1.I. The third kappa shape index (κ3) is 10.3. The molecule has 0 atom stereocenters. The van der Waals surface area contributed by atoms with Crippen LogP contribution in [0, 0.1) is 0 Å². The van der Waals surface area contributed by atoms with Gasteiger partial charge in [0.1, 0.15) is 0 Å². The summed E-state index contributed by atoms with van der Waals surface area (Å²) in [5, 5.41) is 9.66. The molecule has 2 rings (SSSR count). The molecule has 3 N–H and O–H groups in total. The predicted molar refractivity (Wildman–Crippen MR) is 131 cm³/mol. The van der Waals surface area contributed by atoms with Gasteiger partial charge in [0.2, 0.25) is 0 Å². The van der Waals surface area contributed by atoms with Gasteiger partial charge >= 0.3 is 0 Å². The van der Waals surface area contributed by atoms with Gasteiger partial charge < -0.3 is 25.8 Å². The smallest absolute Gasteiger partial charge is 0.251 e. The second-order valence-electron chi connectivity index (χ2n) is 7.51. The van der Waals surface area contributed by atoms with E-state index in [1.807, 2.05) is 43.3 Å². The number of halogens is 1. The number of amides is 1. The van der Waals surface area contributed by atoms with E-state index in [2.05, 4.69) is 25.8 Å². The monoisotopic (exact) mass is 516 g/mol. The molecule has 0 aliphatic carbocycles. The highest BCUT2D eigenvalue weighted by Gasteiger charge is 2.10. The molecule has 0 spiro atoms. The third-order valence-electron chi connectivity index (χ3n) is 4.89. The molecule has 0 aromatic heterocycles. The number of nitrogens with zero attached hydrogens (tertiary/aromatic N) is 3. The number of carbonyl (C=O) groups excluding carboxylic acids is 1. The van der Waals surface area contributed by atoms with Crippen LogP contribution in [-0.4, -0.2) is 82.1 Å². The number of aliphatic imine (C=N–C) groups is 1. The van der Waals surface area contributed by atoms with Crippen molar-refractivity contribution in [3.8, 4) is 0 Å². The fraction of sp³-hybridized carbons (Fsp3) is 0.619. The lowest BCUT2D eigenvalue weighted by Gasteiger charge is -2.26. The second-order valence-corrected chi connectivity index (χ2v) is 7.51. The summed E-state index contributed by atoms with van der Waals surface area (Å²) in [5.41, 5.74) is 1.74. The van der Waals surface area contributed by atoms with E-state index in [1.54, 1.807) is 7.05 Å². The zero-order valence-corrected chi connectivity index (χ0v) is 20.4. The van der Waals surface area contributed by atoms with Gasteiger partial charge in [0.05, 0.1) is 0 Å². The number of nitrogens with one attached hydrogen (secondary N) is 3. The van der Waals surface area contributed by atoms with Crippen molar-refractivity contribution in [2.45, 2.75) is 25.8 Å². The van der Waals surface area contributed by atoms with E-state index in [0.717, 1.165) is 31.2 Å². The van der Waals surface area contributed by atoms with Crippen molar-refractivity contribution in [3.63, 3.8) is 0 Å². The summed E-state index contributed by atoms with van der Waals surface area (Å²) in [6.07, 6.45) is 3.98. The summed E-state index contributed by atoms with van der Waals surface area (Å²) in [6, 6.07) is 7.72. The van der Waals surface area contributed by atoms with Crippen LogP contribution >= 0.6 is 24.0 Å². The van der Waals surface area contributed by atoms with Crippen molar-refractivity contribution in [2.75, 3.05) is 60.4 Å². The Morgan fingerprint density at radius 3 is 2.55 bits per heavy atom.